The Kier molecular flexibility index (Phi) is 5.49. The van der Waals surface area contributed by atoms with Gasteiger partial charge in [-0.25, -0.2) is 4.98 Å². The molecule has 1 aromatic carbocycles. The Bertz CT molecular complexity index is 624. The summed E-state index contributed by atoms with van der Waals surface area (Å²) in [6, 6.07) is 10.8. The second-order valence-electron chi connectivity index (χ2n) is 5.14. The molecule has 2 aromatic rings. The van der Waals surface area contributed by atoms with Crippen LogP contribution < -0.4 is 10.1 Å². The maximum absolute atomic E-state index is 12.3. The normalized spacial score (nSPS) is 10.5. The molecule has 5 heteroatoms. The highest BCUT2D eigenvalue weighted by Crippen LogP contribution is 2.19. The summed E-state index contributed by atoms with van der Waals surface area (Å²) in [5, 5.41) is 11.7. The number of carbonyl (C=O) groups excluding carboxylic acids is 1. The van der Waals surface area contributed by atoms with Gasteiger partial charge in [-0.05, 0) is 50.1 Å². The van der Waals surface area contributed by atoms with E-state index in [1.807, 2.05) is 26.0 Å². The number of aliphatic hydroxyl groups is 1. The van der Waals surface area contributed by atoms with Gasteiger partial charge in [-0.2, -0.15) is 0 Å². The predicted molar refractivity (Wildman–Crippen MR) is 85.2 cm³/mol. The van der Waals surface area contributed by atoms with Gasteiger partial charge in [-0.1, -0.05) is 12.1 Å². The topological polar surface area (TPSA) is 71.5 Å². The first-order chi connectivity index (χ1) is 10.6. The van der Waals surface area contributed by atoms with Crippen molar-refractivity contribution in [3.05, 3.63) is 53.9 Å². The number of amides is 1. The summed E-state index contributed by atoms with van der Waals surface area (Å²) in [5.74, 6) is 0.151. The van der Waals surface area contributed by atoms with Crippen molar-refractivity contribution >= 4 is 11.6 Å². The fourth-order valence-corrected chi connectivity index (χ4v) is 1.98. The van der Waals surface area contributed by atoms with Crippen LogP contribution in [0.15, 0.2) is 42.6 Å². The molecule has 0 atom stereocenters. The number of carbonyl (C=O) groups is 1. The van der Waals surface area contributed by atoms with Crippen LogP contribution >= 0.6 is 0 Å². The number of anilines is 1. The highest BCUT2D eigenvalue weighted by molar-refractivity contribution is 6.04. The molecule has 0 spiro atoms. The molecule has 0 aliphatic rings. The molecule has 5 nitrogen and oxygen atoms in total. The van der Waals surface area contributed by atoms with Crippen molar-refractivity contribution in [1.29, 1.82) is 0 Å². The molecule has 1 aromatic heterocycles. The van der Waals surface area contributed by atoms with Gasteiger partial charge in [0.1, 0.15) is 0 Å². The molecule has 0 saturated heterocycles. The van der Waals surface area contributed by atoms with Gasteiger partial charge in [0.25, 0.3) is 5.91 Å². The Hall–Kier alpha value is -2.40. The predicted octanol–water partition coefficient (Wildman–Crippen LogP) is 2.66. The van der Waals surface area contributed by atoms with Crippen molar-refractivity contribution in [2.24, 2.45) is 0 Å². The Morgan fingerprint density at radius 1 is 1.27 bits per heavy atom. The molecule has 0 radical (unpaired) electrons. The second kappa shape index (κ2) is 7.56. The van der Waals surface area contributed by atoms with Crippen molar-refractivity contribution in [3.63, 3.8) is 0 Å². The fraction of sp³-hybridized carbons (Fsp3) is 0.294. The number of pyridine rings is 1. The molecule has 0 unspecified atom stereocenters. The maximum Gasteiger partial charge on any atom is 0.278 e. The summed E-state index contributed by atoms with van der Waals surface area (Å²) in [4.78, 5) is 16.4. The Labute approximate surface area is 130 Å². The zero-order valence-corrected chi connectivity index (χ0v) is 12.7. The van der Waals surface area contributed by atoms with Crippen LogP contribution in [-0.2, 0) is 6.42 Å². The first-order valence-electron chi connectivity index (χ1n) is 7.23. The lowest BCUT2D eigenvalue weighted by Crippen LogP contribution is -2.17. The van der Waals surface area contributed by atoms with Crippen LogP contribution in [0.1, 0.15) is 29.9 Å². The molecule has 0 fully saturated rings. The Balaban J connectivity index is 2.12. The van der Waals surface area contributed by atoms with Gasteiger partial charge in [0.2, 0.25) is 0 Å². The zero-order valence-electron chi connectivity index (χ0n) is 12.7. The number of nitrogens with one attached hydrogen (secondary N) is 1. The largest absolute Gasteiger partial charge is 0.489 e. The van der Waals surface area contributed by atoms with Gasteiger partial charge in [0, 0.05) is 18.5 Å². The van der Waals surface area contributed by atoms with Crippen LogP contribution in [0.5, 0.6) is 5.75 Å². The van der Waals surface area contributed by atoms with Crippen molar-refractivity contribution < 1.29 is 14.6 Å². The molecule has 116 valence electrons. The maximum atomic E-state index is 12.3. The van der Waals surface area contributed by atoms with Crippen LogP contribution in [0.25, 0.3) is 0 Å². The first kappa shape index (κ1) is 16.0. The van der Waals surface area contributed by atoms with Crippen LogP contribution in [0, 0.1) is 0 Å². The third-order valence-electron chi connectivity index (χ3n) is 2.96. The second-order valence-corrected chi connectivity index (χ2v) is 5.14. The molecule has 1 heterocycles. The summed E-state index contributed by atoms with van der Waals surface area (Å²) in [6.07, 6.45) is 2.13. The number of hydrogen-bond donors (Lipinski definition) is 2. The van der Waals surface area contributed by atoms with Crippen molar-refractivity contribution in [2.45, 2.75) is 26.4 Å². The lowest BCUT2D eigenvalue weighted by molar-refractivity contribution is 0.101. The lowest BCUT2D eigenvalue weighted by atomic mass is 10.1. The Morgan fingerprint density at radius 2 is 2.00 bits per heavy atom. The third-order valence-corrected chi connectivity index (χ3v) is 2.96. The molecule has 0 bridgehead atoms. The summed E-state index contributed by atoms with van der Waals surface area (Å²) in [6.45, 7) is 3.90. The fourth-order valence-electron chi connectivity index (χ4n) is 1.98. The van der Waals surface area contributed by atoms with Gasteiger partial charge < -0.3 is 15.2 Å². The average molecular weight is 300 g/mol. The zero-order chi connectivity index (χ0) is 15.9. The summed E-state index contributed by atoms with van der Waals surface area (Å²) in [5.41, 5.74) is 1.95. The average Bonchev–Trinajstić information content (AvgIpc) is 2.49. The standard InChI is InChI=1S/C17H20N2O3/c1-12(2)22-15-4-3-10-18-16(15)17(21)19-14-7-5-13(6-8-14)9-11-20/h3-8,10,12,20H,9,11H2,1-2H3,(H,19,21). The van der Waals surface area contributed by atoms with Crippen molar-refractivity contribution in [3.8, 4) is 5.75 Å². The minimum Gasteiger partial charge on any atom is -0.489 e. The molecule has 0 aliphatic carbocycles. The van der Waals surface area contributed by atoms with E-state index in [1.165, 1.54) is 0 Å². The minimum absolute atomic E-state index is 0.0338. The lowest BCUT2D eigenvalue weighted by Gasteiger charge is -2.13. The van der Waals surface area contributed by atoms with E-state index >= 15 is 0 Å². The smallest absolute Gasteiger partial charge is 0.278 e. The van der Waals surface area contributed by atoms with E-state index in [2.05, 4.69) is 10.3 Å². The van der Waals surface area contributed by atoms with Gasteiger partial charge in [-0.3, -0.25) is 4.79 Å². The third kappa shape index (κ3) is 4.30. The van der Waals surface area contributed by atoms with Gasteiger partial charge in [-0.15, -0.1) is 0 Å². The number of aliphatic hydroxyl groups excluding tert-OH is 1. The number of rotatable bonds is 6. The molecule has 0 aliphatic heterocycles. The molecule has 2 N–H and O–H groups in total. The Morgan fingerprint density at radius 3 is 2.64 bits per heavy atom. The quantitative estimate of drug-likeness (QED) is 0.860. The van der Waals surface area contributed by atoms with Crippen LogP contribution in [0.2, 0.25) is 0 Å². The first-order valence-corrected chi connectivity index (χ1v) is 7.23. The number of aromatic nitrogens is 1. The highest BCUT2D eigenvalue weighted by atomic mass is 16.5. The molecule has 2 rings (SSSR count). The van der Waals surface area contributed by atoms with E-state index in [-0.39, 0.29) is 24.3 Å². The number of nitrogens with zero attached hydrogens (tertiary/aromatic N) is 1. The van der Waals surface area contributed by atoms with Crippen molar-refractivity contribution in [2.75, 3.05) is 11.9 Å². The van der Waals surface area contributed by atoms with E-state index in [0.717, 1.165) is 5.56 Å². The summed E-state index contributed by atoms with van der Waals surface area (Å²) >= 11 is 0. The van der Waals surface area contributed by atoms with Crippen LogP contribution in [0.4, 0.5) is 5.69 Å². The minimum atomic E-state index is -0.314. The van der Waals surface area contributed by atoms with Gasteiger partial charge >= 0.3 is 0 Å². The highest BCUT2D eigenvalue weighted by Gasteiger charge is 2.15. The SMILES string of the molecule is CC(C)Oc1cccnc1C(=O)Nc1ccc(CCO)cc1. The molecule has 22 heavy (non-hydrogen) atoms. The summed E-state index contributed by atoms with van der Waals surface area (Å²) in [7, 11) is 0. The van der Waals surface area contributed by atoms with Crippen molar-refractivity contribution in [1.82, 2.24) is 4.98 Å². The van der Waals surface area contributed by atoms with Crippen LogP contribution in [-0.4, -0.2) is 28.7 Å². The van der Waals surface area contributed by atoms with E-state index in [4.69, 9.17) is 9.84 Å². The van der Waals surface area contributed by atoms with Gasteiger partial charge in [0.15, 0.2) is 11.4 Å². The number of benzene rings is 1. The summed E-state index contributed by atoms with van der Waals surface area (Å²) < 4.78 is 5.60. The number of hydrogen-bond acceptors (Lipinski definition) is 4. The van der Waals surface area contributed by atoms with E-state index in [9.17, 15) is 4.79 Å². The van der Waals surface area contributed by atoms with Crippen LogP contribution in [0.3, 0.4) is 0 Å². The van der Waals surface area contributed by atoms with E-state index < -0.39 is 0 Å². The molecule has 0 saturated carbocycles. The number of ether oxygens (including phenoxy) is 1. The van der Waals surface area contributed by atoms with Gasteiger partial charge in [0.05, 0.1) is 6.10 Å². The monoisotopic (exact) mass is 300 g/mol. The molecular weight excluding hydrogens is 280 g/mol. The molecular formula is C17H20N2O3. The van der Waals surface area contributed by atoms with E-state index in [0.29, 0.717) is 17.9 Å². The van der Waals surface area contributed by atoms with E-state index in [1.54, 1.807) is 30.5 Å². The molecule has 1 amide bonds.